The van der Waals surface area contributed by atoms with Gasteiger partial charge in [-0.3, -0.25) is 14.3 Å². The highest BCUT2D eigenvalue weighted by Gasteiger charge is 2.30. The monoisotopic (exact) mass is 504 g/mol. The molecule has 0 unspecified atom stereocenters. The lowest BCUT2D eigenvalue weighted by Crippen LogP contribution is -2.54. The van der Waals surface area contributed by atoms with Gasteiger partial charge in [-0.25, -0.2) is 9.37 Å². The van der Waals surface area contributed by atoms with Gasteiger partial charge in [0.1, 0.15) is 11.6 Å². The standard InChI is InChI=1S/C27H29FN6O3/c1-15-10-23-20(25-21(26(35)31-23)12-29-34(25)18-6-9-37-14-18)11-19(15)27(36)32-7-8-33(16(2)13-32)24-5-4-22(28)17(3)30-24/h4-5,10-12,16,18H,6-9,13-14H2,1-3H3,(H,31,35)/t16-,18+/m1/s1. The number of aromatic amines is 1. The summed E-state index contributed by atoms with van der Waals surface area (Å²) in [6, 6.07) is 6.96. The van der Waals surface area contributed by atoms with E-state index in [0.717, 1.165) is 28.7 Å². The first kappa shape index (κ1) is 23.6. The summed E-state index contributed by atoms with van der Waals surface area (Å²) in [5.41, 5.74) is 2.99. The number of rotatable bonds is 3. The molecule has 1 N–H and O–H groups in total. The highest BCUT2D eigenvalue weighted by Crippen LogP contribution is 2.30. The maximum atomic E-state index is 13.8. The summed E-state index contributed by atoms with van der Waals surface area (Å²) in [6.07, 6.45) is 2.42. The largest absolute Gasteiger partial charge is 0.379 e. The fourth-order valence-corrected chi connectivity index (χ4v) is 5.56. The molecule has 0 spiro atoms. The van der Waals surface area contributed by atoms with Crippen LogP contribution >= 0.6 is 0 Å². The van der Waals surface area contributed by atoms with Gasteiger partial charge in [0.25, 0.3) is 11.5 Å². The van der Waals surface area contributed by atoms with Crippen LogP contribution in [0, 0.1) is 19.7 Å². The van der Waals surface area contributed by atoms with Gasteiger partial charge in [-0.05, 0) is 57.0 Å². The number of benzene rings is 1. The van der Waals surface area contributed by atoms with Crippen LogP contribution < -0.4 is 10.5 Å². The number of hydrogen-bond donors (Lipinski definition) is 1. The van der Waals surface area contributed by atoms with Crippen LogP contribution in [0.2, 0.25) is 0 Å². The highest BCUT2D eigenvalue weighted by molar-refractivity contribution is 6.07. The van der Waals surface area contributed by atoms with Crippen LogP contribution in [0.25, 0.3) is 21.8 Å². The number of piperazine rings is 1. The molecule has 0 saturated carbocycles. The molecule has 2 fully saturated rings. The third kappa shape index (κ3) is 3.96. The summed E-state index contributed by atoms with van der Waals surface area (Å²) in [5, 5.41) is 5.82. The molecule has 3 aromatic heterocycles. The molecule has 9 nitrogen and oxygen atoms in total. The summed E-state index contributed by atoms with van der Waals surface area (Å²) in [6.45, 7) is 8.45. The van der Waals surface area contributed by atoms with Gasteiger partial charge in [-0.15, -0.1) is 0 Å². The fourth-order valence-electron chi connectivity index (χ4n) is 5.56. The lowest BCUT2D eigenvalue weighted by molar-refractivity contribution is 0.0725. The Labute approximate surface area is 212 Å². The average Bonchev–Trinajstić information content (AvgIpc) is 3.56. The first-order valence-electron chi connectivity index (χ1n) is 12.6. The third-order valence-electron chi connectivity index (χ3n) is 7.61. The number of carbonyl (C=O) groups is 1. The summed E-state index contributed by atoms with van der Waals surface area (Å²) in [7, 11) is 0. The number of anilines is 1. The normalized spacial score (nSPS) is 20.3. The molecule has 1 aromatic carbocycles. The summed E-state index contributed by atoms with van der Waals surface area (Å²) < 4.78 is 21.2. The molecule has 4 aromatic rings. The smallest absolute Gasteiger partial charge is 0.259 e. The van der Waals surface area contributed by atoms with Crippen molar-refractivity contribution in [2.75, 3.05) is 37.7 Å². The molecule has 0 radical (unpaired) electrons. The number of amides is 1. The first-order valence-corrected chi connectivity index (χ1v) is 12.6. The quantitative estimate of drug-likeness (QED) is 0.460. The topological polar surface area (TPSA) is 96.3 Å². The van der Waals surface area contributed by atoms with Crippen molar-refractivity contribution in [3.63, 3.8) is 0 Å². The number of pyridine rings is 2. The second kappa shape index (κ2) is 8.95. The number of aromatic nitrogens is 4. The molecule has 5 heterocycles. The van der Waals surface area contributed by atoms with E-state index in [2.05, 4.69) is 20.0 Å². The number of halogens is 1. The van der Waals surface area contributed by atoms with E-state index in [9.17, 15) is 14.0 Å². The maximum absolute atomic E-state index is 13.8. The van der Waals surface area contributed by atoms with Gasteiger partial charge in [0.15, 0.2) is 0 Å². The van der Waals surface area contributed by atoms with Gasteiger partial charge in [-0.1, -0.05) is 0 Å². The molecule has 6 rings (SSSR count). The molecule has 1 amide bonds. The van der Waals surface area contributed by atoms with Crippen molar-refractivity contribution < 1.29 is 13.9 Å². The average molecular weight is 505 g/mol. The Kier molecular flexibility index (Phi) is 5.71. The van der Waals surface area contributed by atoms with Crippen molar-refractivity contribution in [2.45, 2.75) is 39.3 Å². The predicted octanol–water partition coefficient (Wildman–Crippen LogP) is 3.34. The van der Waals surface area contributed by atoms with Crippen molar-refractivity contribution in [1.82, 2.24) is 24.6 Å². The van der Waals surface area contributed by atoms with Crippen LogP contribution in [0.15, 0.2) is 35.3 Å². The minimum Gasteiger partial charge on any atom is -0.379 e. The molecule has 2 atom stereocenters. The number of aryl methyl sites for hydroxylation is 2. The van der Waals surface area contributed by atoms with Crippen molar-refractivity contribution in [3.8, 4) is 0 Å². The van der Waals surface area contributed by atoms with Crippen molar-refractivity contribution in [1.29, 1.82) is 0 Å². The molecule has 10 heteroatoms. The van der Waals surface area contributed by atoms with E-state index < -0.39 is 0 Å². The van der Waals surface area contributed by atoms with Gasteiger partial charge in [0.05, 0.1) is 41.0 Å². The third-order valence-corrected chi connectivity index (χ3v) is 7.61. The molecule has 0 bridgehead atoms. The van der Waals surface area contributed by atoms with Gasteiger partial charge in [0.2, 0.25) is 0 Å². The highest BCUT2D eigenvalue weighted by atomic mass is 19.1. The molecular weight excluding hydrogens is 475 g/mol. The van der Waals surface area contributed by atoms with Crippen LogP contribution in [0.4, 0.5) is 10.2 Å². The van der Waals surface area contributed by atoms with E-state index in [1.807, 2.05) is 35.6 Å². The number of hydrogen-bond acceptors (Lipinski definition) is 6. The second-order valence-corrected chi connectivity index (χ2v) is 10.1. The van der Waals surface area contributed by atoms with Crippen LogP contribution in [-0.2, 0) is 4.74 Å². The van der Waals surface area contributed by atoms with Crippen molar-refractivity contribution >= 4 is 33.5 Å². The number of fused-ring (bicyclic) bond motifs is 3. The van der Waals surface area contributed by atoms with Crippen molar-refractivity contribution in [2.24, 2.45) is 0 Å². The van der Waals surface area contributed by atoms with Gasteiger partial charge < -0.3 is 19.5 Å². The molecule has 2 aliphatic rings. The second-order valence-electron chi connectivity index (χ2n) is 10.1. The number of ether oxygens (including phenoxy) is 1. The lowest BCUT2D eigenvalue weighted by Gasteiger charge is -2.40. The van der Waals surface area contributed by atoms with Gasteiger partial charge in [-0.2, -0.15) is 5.10 Å². The van der Waals surface area contributed by atoms with Crippen molar-refractivity contribution in [3.05, 3.63) is 63.5 Å². The van der Waals surface area contributed by atoms with E-state index >= 15 is 0 Å². The Balaban J connectivity index is 1.34. The maximum Gasteiger partial charge on any atom is 0.259 e. The SMILES string of the molecule is Cc1cc2[nH]c(=O)c3cnn([C@H]4CCOC4)c3c2cc1C(=O)N1CCN(c2ccc(F)c(C)n2)[C@H](C)C1. The summed E-state index contributed by atoms with van der Waals surface area (Å²) in [5.74, 6) is 0.342. The lowest BCUT2D eigenvalue weighted by atomic mass is 10.0. The summed E-state index contributed by atoms with van der Waals surface area (Å²) in [4.78, 5) is 37.9. The van der Waals surface area contributed by atoms with E-state index in [-0.39, 0.29) is 29.4 Å². The van der Waals surface area contributed by atoms with E-state index in [1.165, 1.54) is 6.07 Å². The molecule has 0 aliphatic carbocycles. The Morgan fingerprint density at radius 2 is 2.03 bits per heavy atom. The molecule has 2 aliphatic heterocycles. The van der Waals surface area contributed by atoms with Gasteiger partial charge in [0, 0.05) is 43.2 Å². The minimum absolute atomic E-state index is 0.0164. The molecule has 192 valence electrons. The van der Waals surface area contributed by atoms with E-state index in [0.29, 0.717) is 55.0 Å². The van der Waals surface area contributed by atoms with E-state index in [4.69, 9.17) is 4.74 Å². The fraction of sp³-hybridized carbons (Fsp3) is 0.407. The zero-order valence-electron chi connectivity index (χ0n) is 21.1. The van der Waals surface area contributed by atoms with E-state index in [1.54, 1.807) is 19.2 Å². The Bertz CT molecular complexity index is 1590. The molecule has 37 heavy (non-hydrogen) atoms. The zero-order chi connectivity index (χ0) is 25.8. The van der Waals surface area contributed by atoms with Crippen LogP contribution in [0.5, 0.6) is 0 Å². The predicted molar refractivity (Wildman–Crippen MR) is 139 cm³/mol. The number of nitrogens with one attached hydrogen (secondary N) is 1. The Morgan fingerprint density at radius 1 is 1.19 bits per heavy atom. The number of carbonyl (C=O) groups excluding carboxylic acids is 1. The number of nitrogens with zero attached hydrogens (tertiary/aromatic N) is 5. The Morgan fingerprint density at radius 3 is 2.76 bits per heavy atom. The van der Waals surface area contributed by atoms with Crippen LogP contribution in [0.1, 0.15) is 41.0 Å². The molecule has 2 saturated heterocycles. The minimum atomic E-state index is -0.325. The molecular formula is C27H29FN6O3. The first-order chi connectivity index (χ1) is 17.8. The Hall–Kier alpha value is -3.79. The van der Waals surface area contributed by atoms with Crippen LogP contribution in [-0.4, -0.2) is 69.4 Å². The van der Waals surface area contributed by atoms with Gasteiger partial charge >= 0.3 is 0 Å². The summed E-state index contributed by atoms with van der Waals surface area (Å²) >= 11 is 0. The number of H-pyrrole nitrogens is 1. The zero-order valence-corrected chi connectivity index (χ0v) is 21.1. The van der Waals surface area contributed by atoms with Crippen LogP contribution in [0.3, 0.4) is 0 Å².